The topological polar surface area (TPSA) is 37.4 Å². The van der Waals surface area contributed by atoms with Crippen LogP contribution in [0.5, 0.6) is 0 Å². The van der Waals surface area contributed by atoms with E-state index in [1.54, 1.807) is 23.9 Å². The van der Waals surface area contributed by atoms with Crippen molar-refractivity contribution in [3.63, 3.8) is 0 Å². The molecule has 130 valence electrons. The van der Waals surface area contributed by atoms with Gasteiger partial charge in [0.05, 0.1) is 10.5 Å². The molecule has 0 unspecified atom stereocenters. The van der Waals surface area contributed by atoms with Gasteiger partial charge in [-0.2, -0.15) is 17.5 Å². The van der Waals surface area contributed by atoms with Gasteiger partial charge in [-0.3, -0.25) is 0 Å². The summed E-state index contributed by atoms with van der Waals surface area (Å²) in [6, 6.07) is 11.4. The highest BCUT2D eigenvalue weighted by Gasteiger charge is 2.38. The maximum Gasteiger partial charge on any atom is 0.417 e. The molecule has 8 heteroatoms. The van der Waals surface area contributed by atoms with Crippen LogP contribution in [0.2, 0.25) is 0 Å². The number of thioether (sulfide) groups is 1. The number of hydrogen-bond donors (Lipinski definition) is 0. The molecule has 2 rings (SSSR count). The molecule has 2 aromatic carbocycles. The molecule has 0 aromatic heterocycles. The van der Waals surface area contributed by atoms with Gasteiger partial charge in [0.25, 0.3) is 0 Å². The molecule has 24 heavy (non-hydrogen) atoms. The zero-order chi connectivity index (χ0) is 18.0. The first-order valence-corrected chi connectivity index (χ1v) is 9.58. The Bertz CT molecular complexity index is 803. The lowest BCUT2D eigenvalue weighted by atomic mass is 10.2. The van der Waals surface area contributed by atoms with Gasteiger partial charge in [0.15, 0.2) is 0 Å². The largest absolute Gasteiger partial charge is 0.417 e. The van der Waals surface area contributed by atoms with Crippen LogP contribution in [0.25, 0.3) is 0 Å². The quantitative estimate of drug-likeness (QED) is 0.734. The predicted octanol–water partition coefficient (Wildman–Crippen LogP) is 4.25. The maximum atomic E-state index is 13.1. The molecule has 0 N–H and O–H groups in total. The summed E-state index contributed by atoms with van der Waals surface area (Å²) in [6.45, 7) is -0.0107. The van der Waals surface area contributed by atoms with Crippen LogP contribution in [0, 0.1) is 0 Å². The Kier molecular flexibility index (Phi) is 5.62. The van der Waals surface area contributed by atoms with Gasteiger partial charge in [0, 0.05) is 18.5 Å². The van der Waals surface area contributed by atoms with Gasteiger partial charge in [-0.05, 0) is 36.1 Å². The lowest BCUT2D eigenvalue weighted by Gasteiger charge is -2.20. The van der Waals surface area contributed by atoms with Crippen molar-refractivity contribution in [1.29, 1.82) is 0 Å². The minimum atomic E-state index is -4.73. The first-order valence-electron chi connectivity index (χ1n) is 6.92. The van der Waals surface area contributed by atoms with Crippen LogP contribution in [0.1, 0.15) is 11.1 Å². The van der Waals surface area contributed by atoms with E-state index in [0.717, 1.165) is 21.3 Å². The third kappa shape index (κ3) is 4.12. The third-order valence-electron chi connectivity index (χ3n) is 3.44. The second-order valence-electron chi connectivity index (χ2n) is 5.10. The van der Waals surface area contributed by atoms with Gasteiger partial charge in [-0.1, -0.05) is 24.3 Å². The summed E-state index contributed by atoms with van der Waals surface area (Å²) in [6.07, 6.45) is -2.82. The van der Waals surface area contributed by atoms with Crippen LogP contribution in [-0.4, -0.2) is 26.0 Å². The van der Waals surface area contributed by atoms with E-state index in [-0.39, 0.29) is 6.54 Å². The summed E-state index contributed by atoms with van der Waals surface area (Å²) in [4.78, 5) is 0.285. The average Bonchev–Trinajstić information content (AvgIpc) is 2.54. The summed E-state index contributed by atoms with van der Waals surface area (Å²) < 4.78 is 65.2. The van der Waals surface area contributed by atoms with E-state index in [9.17, 15) is 21.6 Å². The van der Waals surface area contributed by atoms with E-state index in [1.165, 1.54) is 19.2 Å². The molecule has 0 amide bonds. The normalized spacial score (nSPS) is 12.6. The monoisotopic (exact) mass is 375 g/mol. The van der Waals surface area contributed by atoms with Crippen molar-refractivity contribution in [2.24, 2.45) is 0 Å². The summed E-state index contributed by atoms with van der Waals surface area (Å²) >= 11 is 1.55. The SMILES string of the molecule is CSc1ccc(CN(C)S(=O)(=O)c2ccccc2C(F)(F)F)cc1. The number of hydrogen-bond acceptors (Lipinski definition) is 3. The lowest BCUT2D eigenvalue weighted by Crippen LogP contribution is -2.28. The van der Waals surface area contributed by atoms with Gasteiger partial charge in [-0.25, -0.2) is 8.42 Å². The highest BCUT2D eigenvalue weighted by Crippen LogP contribution is 2.35. The second-order valence-corrected chi connectivity index (χ2v) is 8.00. The standard InChI is InChI=1S/C16H16F3NO2S2/c1-20(11-12-7-9-13(23-2)10-8-12)24(21,22)15-6-4-3-5-14(15)16(17,18)19/h3-10H,11H2,1-2H3. The van der Waals surface area contributed by atoms with E-state index >= 15 is 0 Å². The Morgan fingerprint density at radius 1 is 1.04 bits per heavy atom. The van der Waals surface area contributed by atoms with Gasteiger partial charge in [0.2, 0.25) is 10.0 Å². The van der Waals surface area contributed by atoms with E-state index in [4.69, 9.17) is 0 Å². The van der Waals surface area contributed by atoms with Crippen molar-refractivity contribution in [1.82, 2.24) is 4.31 Å². The summed E-state index contributed by atoms with van der Waals surface area (Å²) in [7, 11) is -2.99. The minimum Gasteiger partial charge on any atom is -0.207 e. The van der Waals surface area contributed by atoms with E-state index in [0.29, 0.717) is 5.56 Å². The molecular formula is C16H16F3NO2S2. The summed E-state index contributed by atoms with van der Waals surface area (Å²) in [5, 5.41) is 0. The van der Waals surface area contributed by atoms with E-state index in [2.05, 4.69) is 0 Å². The Morgan fingerprint density at radius 2 is 1.62 bits per heavy atom. The molecule has 0 spiro atoms. The van der Waals surface area contributed by atoms with Crippen molar-refractivity contribution in [3.05, 3.63) is 59.7 Å². The van der Waals surface area contributed by atoms with E-state index in [1.807, 2.05) is 18.4 Å². The van der Waals surface area contributed by atoms with Crippen molar-refractivity contribution >= 4 is 21.8 Å². The Morgan fingerprint density at radius 3 is 2.17 bits per heavy atom. The fraction of sp³-hybridized carbons (Fsp3) is 0.250. The Balaban J connectivity index is 2.33. The molecule has 0 aliphatic carbocycles. The van der Waals surface area contributed by atoms with E-state index < -0.39 is 26.7 Å². The molecule has 0 aliphatic rings. The molecule has 2 aromatic rings. The van der Waals surface area contributed by atoms with Crippen LogP contribution >= 0.6 is 11.8 Å². The van der Waals surface area contributed by atoms with Crippen LogP contribution in [0.4, 0.5) is 13.2 Å². The zero-order valence-corrected chi connectivity index (χ0v) is 14.7. The molecular weight excluding hydrogens is 359 g/mol. The number of benzene rings is 2. The van der Waals surface area contributed by atoms with Crippen LogP contribution < -0.4 is 0 Å². The van der Waals surface area contributed by atoms with Crippen molar-refractivity contribution < 1.29 is 21.6 Å². The Hall–Kier alpha value is -1.51. The van der Waals surface area contributed by atoms with Crippen LogP contribution in [0.3, 0.4) is 0 Å². The average molecular weight is 375 g/mol. The molecule has 0 aliphatic heterocycles. The number of nitrogens with zero attached hydrogens (tertiary/aromatic N) is 1. The molecule has 0 heterocycles. The predicted molar refractivity (Wildman–Crippen MR) is 88.3 cm³/mol. The molecule has 0 fully saturated rings. The molecule has 0 saturated heterocycles. The zero-order valence-electron chi connectivity index (χ0n) is 13.0. The molecule has 0 bridgehead atoms. The fourth-order valence-electron chi connectivity index (χ4n) is 2.17. The van der Waals surface area contributed by atoms with Crippen LogP contribution in [0.15, 0.2) is 58.3 Å². The summed E-state index contributed by atoms with van der Waals surface area (Å²) in [5.41, 5.74) is -0.460. The summed E-state index contributed by atoms with van der Waals surface area (Å²) in [5.74, 6) is 0. The Labute approximate surface area is 143 Å². The van der Waals surface area contributed by atoms with Gasteiger partial charge in [-0.15, -0.1) is 11.8 Å². The van der Waals surface area contributed by atoms with Crippen molar-refractivity contribution in [3.8, 4) is 0 Å². The van der Waals surface area contributed by atoms with Crippen LogP contribution in [-0.2, 0) is 22.7 Å². The fourth-order valence-corrected chi connectivity index (χ4v) is 3.94. The first kappa shape index (κ1) is 18.8. The molecule has 0 radical (unpaired) electrons. The number of sulfonamides is 1. The van der Waals surface area contributed by atoms with Crippen molar-refractivity contribution in [2.75, 3.05) is 13.3 Å². The number of halogens is 3. The minimum absolute atomic E-state index is 0.0107. The van der Waals surface area contributed by atoms with Gasteiger partial charge in [0.1, 0.15) is 0 Å². The number of alkyl halides is 3. The maximum absolute atomic E-state index is 13.1. The second kappa shape index (κ2) is 7.16. The lowest BCUT2D eigenvalue weighted by molar-refractivity contribution is -0.139. The highest BCUT2D eigenvalue weighted by atomic mass is 32.2. The number of rotatable bonds is 5. The molecule has 3 nitrogen and oxygen atoms in total. The first-order chi connectivity index (χ1) is 11.2. The molecule has 0 saturated carbocycles. The van der Waals surface area contributed by atoms with Gasteiger partial charge < -0.3 is 0 Å². The van der Waals surface area contributed by atoms with Gasteiger partial charge >= 0.3 is 6.18 Å². The smallest absolute Gasteiger partial charge is 0.207 e. The molecule has 0 atom stereocenters. The van der Waals surface area contributed by atoms with Crippen molar-refractivity contribution in [2.45, 2.75) is 22.5 Å². The third-order valence-corrected chi connectivity index (χ3v) is 6.05. The highest BCUT2D eigenvalue weighted by molar-refractivity contribution is 7.98.